The molecule has 0 atom stereocenters. The Bertz CT molecular complexity index is 603. The topological polar surface area (TPSA) is 36.4 Å². The highest BCUT2D eigenvalue weighted by Gasteiger charge is 2.23. The van der Waals surface area contributed by atoms with E-state index in [1.54, 1.807) is 11.3 Å². The standard InChI is InChI=1S/C16H19N3OS/c1-2-14-11-13(12-21-14)16(20)19-9-7-18(8-10-19)15-5-3-4-6-17-15/h3-6,11-12H,2,7-10H2,1H3. The van der Waals surface area contributed by atoms with Crippen molar-refractivity contribution >= 4 is 23.1 Å². The van der Waals surface area contributed by atoms with Crippen molar-refractivity contribution < 1.29 is 4.79 Å². The van der Waals surface area contributed by atoms with Crippen LogP contribution in [-0.2, 0) is 6.42 Å². The van der Waals surface area contributed by atoms with E-state index in [-0.39, 0.29) is 5.91 Å². The fourth-order valence-electron chi connectivity index (χ4n) is 2.54. The van der Waals surface area contributed by atoms with Crippen LogP contribution in [0.4, 0.5) is 5.82 Å². The first kappa shape index (κ1) is 14.1. The van der Waals surface area contributed by atoms with E-state index < -0.39 is 0 Å². The Morgan fingerprint density at radius 2 is 2.10 bits per heavy atom. The van der Waals surface area contributed by atoms with Crippen molar-refractivity contribution in [1.82, 2.24) is 9.88 Å². The van der Waals surface area contributed by atoms with Gasteiger partial charge in [0.25, 0.3) is 5.91 Å². The van der Waals surface area contributed by atoms with E-state index in [2.05, 4.69) is 16.8 Å². The molecule has 21 heavy (non-hydrogen) atoms. The first-order valence-electron chi connectivity index (χ1n) is 7.30. The Hall–Kier alpha value is -1.88. The summed E-state index contributed by atoms with van der Waals surface area (Å²) >= 11 is 1.67. The lowest BCUT2D eigenvalue weighted by atomic mass is 10.2. The lowest BCUT2D eigenvalue weighted by Crippen LogP contribution is -2.49. The van der Waals surface area contributed by atoms with E-state index in [4.69, 9.17) is 0 Å². The summed E-state index contributed by atoms with van der Waals surface area (Å²) in [7, 11) is 0. The molecule has 0 aliphatic carbocycles. The normalized spacial score (nSPS) is 15.3. The van der Waals surface area contributed by atoms with Crippen LogP contribution in [0.2, 0.25) is 0 Å². The van der Waals surface area contributed by atoms with E-state index >= 15 is 0 Å². The van der Waals surface area contributed by atoms with Gasteiger partial charge in [-0.3, -0.25) is 4.79 Å². The maximum absolute atomic E-state index is 12.5. The van der Waals surface area contributed by atoms with E-state index in [0.717, 1.165) is 44.0 Å². The van der Waals surface area contributed by atoms with E-state index in [0.29, 0.717) is 0 Å². The first-order valence-corrected chi connectivity index (χ1v) is 8.18. The predicted molar refractivity (Wildman–Crippen MR) is 86.1 cm³/mol. The third-order valence-electron chi connectivity index (χ3n) is 3.79. The van der Waals surface area contributed by atoms with Crippen molar-refractivity contribution in [2.75, 3.05) is 31.1 Å². The van der Waals surface area contributed by atoms with Crippen LogP contribution < -0.4 is 4.90 Å². The van der Waals surface area contributed by atoms with Gasteiger partial charge < -0.3 is 9.80 Å². The van der Waals surface area contributed by atoms with Gasteiger partial charge in [0.15, 0.2) is 0 Å². The molecule has 3 heterocycles. The maximum Gasteiger partial charge on any atom is 0.254 e. The van der Waals surface area contributed by atoms with Gasteiger partial charge in [-0.25, -0.2) is 4.98 Å². The summed E-state index contributed by atoms with van der Waals surface area (Å²) in [6, 6.07) is 7.96. The number of nitrogens with zero attached hydrogens (tertiary/aromatic N) is 3. The maximum atomic E-state index is 12.5. The van der Waals surface area contributed by atoms with Crippen LogP contribution in [0, 0.1) is 0 Å². The number of hydrogen-bond donors (Lipinski definition) is 0. The molecule has 0 spiro atoms. The number of amides is 1. The summed E-state index contributed by atoms with van der Waals surface area (Å²) in [4.78, 5) is 22.3. The molecule has 0 saturated carbocycles. The molecule has 0 unspecified atom stereocenters. The van der Waals surface area contributed by atoms with Gasteiger partial charge in [0.05, 0.1) is 5.56 Å². The molecule has 0 radical (unpaired) electrons. The minimum Gasteiger partial charge on any atom is -0.353 e. The number of anilines is 1. The highest BCUT2D eigenvalue weighted by Crippen LogP contribution is 2.19. The molecule has 110 valence electrons. The number of aryl methyl sites for hydroxylation is 1. The lowest BCUT2D eigenvalue weighted by Gasteiger charge is -2.35. The smallest absolute Gasteiger partial charge is 0.254 e. The molecule has 0 bridgehead atoms. The minimum atomic E-state index is 0.159. The molecule has 1 amide bonds. The van der Waals surface area contributed by atoms with Gasteiger partial charge in [-0.1, -0.05) is 13.0 Å². The fourth-order valence-corrected chi connectivity index (χ4v) is 3.35. The van der Waals surface area contributed by atoms with Crippen LogP contribution in [0.15, 0.2) is 35.8 Å². The van der Waals surface area contributed by atoms with Crippen molar-refractivity contribution in [3.8, 4) is 0 Å². The van der Waals surface area contributed by atoms with Crippen LogP contribution in [0.1, 0.15) is 22.2 Å². The molecular formula is C16H19N3OS. The second-order valence-corrected chi connectivity index (χ2v) is 6.12. The van der Waals surface area contributed by atoms with Crippen molar-refractivity contribution in [3.05, 3.63) is 46.3 Å². The largest absolute Gasteiger partial charge is 0.353 e. The second kappa shape index (κ2) is 6.26. The van der Waals surface area contributed by atoms with Crippen molar-refractivity contribution in [1.29, 1.82) is 0 Å². The second-order valence-electron chi connectivity index (χ2n) is 5.12. The average molecular weight is 301 g/mol. The van der Waals surface area contributed by atoms with Crippen LogP contribution >= 0.6 is 11.3 Å². The monoisotopic (exact) mass is 301 g/mol. The molecule has 2 aromatic heterocycles. The van der Waals surface area contributed by atoms with E-state index in [9.17, 15) is 4.79 Å². The first-order chi connectivity index (χ1) is 10.3. The molecule has 1 fully saturated rings. The number of rotatable bonds is 3. The Morgan fingerprint density at radius 3 is 2.71 bits per heavy atom. The number of carbonyl (C=O) groups is 1. The molecule has 0 N–H and O–H groups in total. The molecule has 2 aromatic rings. The van der Waals surface area contributed by atoms with Crippen LogP contribution in [0.3, 0.4) is 0 Å². The predicted octanol–water partition coefficient (Wildman–Crippen LogP) is 2.67. The van der Waals surface area contributed by atoms with Crippen molar-refractivity contribution in [3.63, 3.8) is 0 Å². The zero-order valence-electron chi connectivity index (χ0n) is 12.2. The summed E-state index contributed by atoms with van der Waals surface area (Å²) in [5.41, 5.74) is 0.836. The molecule has 1 aliphatic rings. The molecular weight excluding hydrogens is 282 g/mol. The number of thiophene rings is 1. The fraction of sp³-hybridized carbons (Fsp3) is 0.375. The molecule has 5 heteroatoms. The van der Waals surface area contributed by atoms with Gasteiger partial charge >= 0.3 is 0 Å². The number of carbonyl (C=O) groups excluding carboxylic acids is 1. The Morgan fingerprint density at radius 1 is 1.29 bits per heavy atom. The van der Waals surface area contributed by atoms with Crippen LogP contribution in [0.5, 0.6) is 0 Å². The van der Waals surface area contributed by atoms with Gasteiger partial charge in [0.1, 0.15) is 5.82 Å². The van der Waals surface area contributed by atoms with Crippen LogP contribution in [0.25, 0.3) is 0 Å². The summed E-state index contributed by atoms with van der Waals surface area (Å²) in [6.45, 7) is 5.31. The third kappa shape index (κ3) is 3.08. The van der Waals surface area contributed by atoms with E-state index in [1.807, 2.05) is 40.7 Å². The molecule has 1 aliphatic heterocycles. The summed E-state index contributed by atoms with van der Waals surface area (Å²) in [5, 5.41) is 1.98. The highest BCUT2D eigenvalue weighted by molar-refractivity contribution is 7.10. The number of aromatic nitrogens is 1. The zero-order chi connectivity index (χ0) is 14.7. The lowest BCUT2D eigenvalue weighted by molar-refractivity contribution is 0.0747. The Kier molecular flexibility index (Phi) is 4.20. The van der Waals surface area contributed by atoms with Crippen molar-refractivity contribution in [2.45, 2.75) is 13.3 Å². The Balaban J connectivity index is 1.61. The molecule has 3 rings (SSSR count). The van der Waals surface area contributed by atoms with E-state index in [1.165, 1.54) is 4.88 Å². The minimum absolute atomic E-state index is 0.159. The zero-order valence-corrected chi connectivity index (χ0v) is 13.0. The van der Waals surface area contributed by atoms with Crippen molar-refractivity contribution in [2.24, 2.45) is 0 Å². The molecule has 1 saturated heterocycles. The Labute approximate surface area is 129 Å². The van der Waals surface area contributed by atoms with Gasteiger partial charge in [0.2, 0.25) is 0 Å². The van der Waals surface area contributed by atoms with Gasteiger partial charge in [-0.15, -0.1) is 11.3 Å². The quantitative estimate of drug-likeness (QED) is 0.874. The van der Waals surface area contributed by atoms with Gasteiger partial charge in [0, 0.05) is 42.6 Å². The van der Waals surface area contributed by atoms with Crippen LogP contribution in [-0.4, -0.2) is 42.0 Å². The number of pyridine rings is 1. The summed E-state index contributed by atoms with van der Waals surface area (Å²) in [5.74, 6) is 1.15. The number of hydrogen-bond acceptors (Lipinski definition) is 4. The molecule has 4 nitrogen and oxygen atoms in total. The molecule has 0 aromatic carbocycles. The van der Waals surface area contributed by atoms with Gasteiger partial charge in [-0.2, -0.15) is 0 Å². The summed E-state index contributed by atoms with van der Waals surface area (Å²) < 4.78 is 0. The average Bonchev–Trinajstić information content (AvgIpc) is 3.04. The van der Waals surface area contributed by atoms with Gasteiger partial charge in [-0.05, 0) is 24.6 Å². The number of piperazine rings is 1. The highest BCUT2D eigenvalue weighted by atomic mass is 32.1. The third-order valence-corrected chi connectivity index (χ3v) is 4.87. The SMILES string of the molecule is CCc1cc(C(=O)N2CCN(c3ccccn3)CC2)cs1. The summed E-state index contributed by atoms with van der Waals surface area (Å²) in [6.07, 6.45) is 2.80.